The van der Waals surface area contributed by atoms with Gasteiger partial charge in [-0.05, 0) is 93.2 Å². The molecule has 6 aliphatic heterocycles. The van der Waals surface area contributed by atoms with Gasteiger partial charge in [0.1, 0.15) is 97.7 Å². The molecule has 0 aromatic carbocycles. The normalized spacial score (nSPS) is 29.6. The summed E-state index contributed by atoms with van der Waals surface area (Å²) in [6.45, 7) is -22.8. The predicted octanol–water partition coefficient (Wildman–Crippen LogP) is 1.56. The molecular weight excluding hydrogens is 1890 g/mol. The number of nitrogens with two attached hydrogens (primary N) is 2. The maximum Gasteiger partial charge on any atom is 0.386 e. The number of rotatable bonds is 35. The van der Waals surface area contributed by atoms with Gasteiger partial charge in [0.2, 0.25) is 0 Å². The molecule has 678 valence electrons. The van der Waals surface area contributed by atoms with Crippen molar-refractivity contribution in [2.24, 2.45) is 0 Å². The Morgan fingerprint density at radius 1 is 0.403 bits per heavy atom. The predicted molar refractivity (Wildman–Crippen MR) is 450 cm³/mol. The summed E-state index contributed by atoms with van der Waals surface area (Å²) in [7, 11) is 1.10. The van der Waals surface area contributed by atoms with E-state index in [-0.39, 0.29) is 94.7 Å². The van der Waals surface area contributed by atoms with Crippen LogP contribution in [0.25, 0.3) is 22.3 Å². The van der Waals surface area contributed by atoms with E-state index in [0.717, 1.165) is 20.8 Å². The number of H-pyrrole nitrogens is 4. The lowest BCUT2D eigenvalue weighted by molar-refractivity contribution is -0.0563. The van der Waals surface area contributed by atoms with Gasteiger partial charge in [-0.2, -0.15) is 0 Å². The number of aryl methyl sites for hydroxylation is 4. The number of anilines is 2. The number of nitrogen functional groups attached to an aromatic ring is 2. The van der Waals surface area contributed by atoms with E-state index in [1.807, 2.05) is 0 Å². The number of imidazole rings is 2. The number of fused-ring (bicyclic) bond motifs is 2. The van der Waals surface area contributed by atoms with Crippen molar-refractivity contribution in [1.29, 1.82) is 0 Å². The summed E-state index contributed by atoms with van der Waals surface area (Å²) in [5.41, 5.74) is 7.43. The molecule has 124 heavy (non-hydrogen) atoms. The molecule has 6 fully saturated rings. The van der Waals surface area contributed by atoms with Crippen molar-refractivity contribution in [3.63, 3.8) is 0 Å². The first-order chi connectivity index (χ1) is 58.4. The monoisotopic (exact) mass is 1970 g/mol. The molecule has 0 aliphatic carbocycles. The van der Waals surface area contributed by atoms with Gasteiger partial charge >= 0.3 is 63.1 Å². The number of aromatic nitrogens is 16. The van der Waals surface area contributed by atoms with E-state index in [1.54, 1.807) is 6.92 Å². The molecule has 0 spiro atoms. The van der Waals surface area contributed by atoms with Crippen LogP contribution in [0.4, 0.5) is 11.6 Å². The lowest BCUT2D eigenvalue weighted by atomic mass is 10.1. The lowest BCUT2D eigenvalue weighted by Gasteiger charge is -2.28. The Balaban J connectivity index is 0.672. The van der Waals surface area contributed by atoms with E-state index < -0.39 is 229 Å². The van der Waals surface area contributed by atoms with E-state index >= 15 is 0 Å². The summed E-state index contributed by atoms with van der Waals surface area (Å²) in [5, 5.41) is 0. The Bertz CT molecular complexity index is 6200. The van der Waals surface area contributed by atoms with Crippen LogP contribution in [0.5, 0.6) is 0 Å². The van der Waals surface area contributed by atoms with Crippen LogP contribution in [-0.4, -0.2) is 215 Å². The Morgan fingerprint density at radius 2 is 0.653 bits per heavy atom. The highest BCUT2D eigenvalue weighted by molar-refractivity contribution is 8.44. The van der Waals surface area contributed by atoms with Crippen molar-refractivity contribution < 1.29 is 112 Å². The van der Waals surface area contributed by atoms with Crippen molar-refractivity contribution >= 4 is 146 Å². The second-order valence-electron chi connectivity index (χ2n) is 29.0. The van der Waals surface area contributed by atoms with E-state index in [9.17, 15) is 67.4 Å². The molecule has 6 unspecified atom stereocenters. The molecule has 6 aliphatic rings. The average Bonchev–Trinajstić information content (AvgIpc) is 1.64. The molecule has 0 amide bonds. The number of nitrogens with one attached hydrogen (secondary N) is 4. The molecule has 0 saturated carbocycles. The van der Waals surface area contributed by atoms with Crippen LogP contribution in [0.1, 0.15) is 111 Å². The first kappa shape index (κ1) is 94.4. The SMILES string of the molecule is CC[C@H]1O[C@@H](n2cc(C)c(=O)[nH]c2=O)C[C@H]1OP(O)(=S)OC[C@H]1O[C@@H](n2cnc3c(N)ncnc32)C[C@H]1OP(=O)(S)OC[C@H]1O[C@@H](n2cc(C)c(=O)[nH]c2=O)C[C@H]1OP(O)(=S)OC[C@H]1O[C@@H](n2cnc3c(N)ncnc32)C[C@H]1OP(O)(=S)OC[C@H]1O[C@@H](n2cc(C)c(=O)[nH]c2=O)C[C@H]1OP(O)(=S)OC[C@H]1O[C@@H](n2cc(C)c(=O)[nH]c2=O)C[C@H]1OP(O)(=S)OC. The fourth-order valence-corrected chi connectivity index (χ4v) is 22.8. The topological polar surface area (TPSA) is 643 Å². The van der Waals surface area contributed by atoms with Crippen LogP contribution < -0.4 is 56.5 Å². The Labute approximate surface area is 727 Å². The number of nitrogens with zero attached hydrogens (tertiary/aromatic N) is 12. The smallest absolute Gasteiger partial charge is 0.382 e. The molecule has 24 atom stereocenters. The summed E-state index contributed by atoms with van der Waals surface area (Å²) in [6.07, 6.45) is -13.1. The molecule has 14 rings (SSSR count). The van der Waals surface area contributed by atoms with Crippen molar-refractivity contribution in [3.8, 4) is 0 Å². The molecule has 6 saturated heterocycles. The summed E-state index contributed by atoms with van der Waals surface area (Å²) in [6, 6.07) is 0. The van der Waals surface area contributed by atoms with Crippen LogP contribution >= 0.6 is 52.6 Å². The van der Waals surface area contributed by atoms with Crippen molar-refractivity contribution in [1.82, 2.24) is 77.2 Å². The van der Waals surface area contributed by atoms with E-state index in [0.29, 0.717) is 6.42 Å². The minimum absolute atomic E-state index is 0.00504. The van der Waals surface area contributed by atoms with Crippen LogP contribution in [-0.2, 0) is 146 Å². The second-order valence-corrected chi connectivity index (χ2v) is 45.9. The zero-order chi connectivity index (χ0) is 89.2. The highest BCUT2D eigenvalue weighted by Gasteiger charge is 2.51. The van der Waals surface area contributed by atoms with Gasteiger partial charge in [0.05, 0.1) is 82.3 Å². The first-order valence-corrected chi connectivity index (χ1v) is 53.0. The summed E-state index contributed by atoms with van der Waals surface area (Å²) < 4.78 is 131. The van der Waals surface area contributed by atoms with Gasteiger partial charge in [-0.15, -0.1) is 0 Å². The van der Waals surface area contributed by atoms with Gasteiger partial charge in [0, 0.05) is 92.7 Å². The first-order valence-electron chi connectivity index (χ1n) is 37.3. The fourth-order valence-electron chi connectivity index (χ4n) is 14.4. The quantitative estimate of drug-likeness (QED) is 0.0198. The van der Waals surface area contributed by atoms with Crippen LogP contribution in [0.15, 0.2) is 88.5 Å². The molecule has 8 aromatic rings. The van der Waals surface area contributed by atoms with Gasteiger partial charge < -0.3 is 110 Å². The van der Waals surface area contributed by atoms with Crippen molar-refractivity contribution in [3.05, 3.63) is 156 Å². The minimum atomic E-state index is -4.72. The fraction of sp³-hybridized carbons (Fsp3) is 0.581. The van der Waals surface area contributed by atoms with Gasteiger partial charge in [-0.1, -0.05) is 19.2 Å². The number of hydrogen-bond acceptors (Lipinski definition) is 40. The van der Waals surface area contributed by atoms with Crippen molar-refractivity contribution in [2.45, 2.75) is 190 Å². The molecule has 62 heteroatoms. The van der Waals surface area contributed by atoms with Gasteiger partial charge in [0.15, 0.2) is 22.9 Å². The van der Waals surface area contributed by atoms with Gasteiger partial charge in [-0.3, -0.25) is 75.6 Å². The highest BCUT2D eigenvalue weighted by atomic mass is 32.7. The summed E-state index contributed by atoms with van der Waals surface area (Å²) in [5.74, 6) is 0.0291. The third kappa shape index (κ3) is 22.0. The molecule has 8 aromatic heterocycles. The highest BCUT2D eigenvalue weighted by Crippen LogP contribution is 2.60. The minimum Gasteiger partial charge on any atom is -0.382 e. The number of thiol groups is 1. The lowest BCUT2D eigenvalue weighted by Crippen LogP contribution is -2.33. The van der Waals surface area contributed by atoms with Crippen LogP contribution in [0.2, 0.25) is 0 Å². The van der Waals surface area contributed by atoms with E-state index in [1.165, 1.54) is 91.5 Å². The molecule has 0 bridgehead atoms. The molecule has 0 radical (unpaired) electrons. The maximum absolute atomic E-state index is 14.8. The number of hydrogen-bond donors (Lipinski definition) is 12. The zero-order valence-corrected chi connectivity index (χ0v) is 75.8. The van der Waals surface area contributed by atoms with Crippen molar-refractivity contribution in [2.75, 3.05) is 51.6 Å². The Kier molecular flexibility index (Phi) is 29.0. The van der Waals surface area contributed by atoms with Gasteiger partial charge in [-0.25, -0.2) is 53.6 Å². The average molecular weight is 1970 g/mol. The third-order valence-corrected chi connectivity index (χ3v) is 30.3. The number of ether oxygens (including phenoxy) is 6. The van der Waals surface area contributed by atoms with E-state index in [4.69, 9.17) is 153 Å². The standard InChI is InChI=1S/C62H82N18O32P6S6/c1-7-31-32(8-43(101-31)75-14-27(2)55(81)71-59(75)85)108-114(90,120)96-21-41-36(12-47(105-41)79-25-69-49-51(63)65-23-67-53(49)79)111-117(93,123)98-20-40-35(11-46(104-40)78-17-30(5)58(84)74-62(78)88)110-116(92,122)100-22-42-37(13-48(106-42)80-26-70-50-52(64)66-24-68-54(50)80)112-118(94,124)99-19-39-34(10-45(103-39)77-16-29(4)57(83)73-61(77)87)109-115(91,121)97-18-38-33(107-113(89,119)95-6)9-44(102-38)76-15-28(3)56(82)72-60(76)86/h14-17,23-26,31-48H,7-13,18-22H2,1-6H3,(H,89,119)(H,90,120)(H,91,121)(H,92,122)(H,93,123)(H,94,124)(H2,63,65,67)(H2,64,66,68)(H,71,81,85)(H,72,82,86)(H,73,83,87)(H,74,84,88)/t31-,32-,33-,34-,35-,36-,37-,38-,39-,40-,41-,42-,43-,44-,45-,46-,47-,48-,113?,114?,115?,116?,117?,118?/m1/s1. The Hall–Kier alpha value is -5.67. The molecular formula is C62H82N18O32P6S6. The number of aromatic amines is 4. The van der Waals surface area contributed by atoms with Crippen LogP contribution in [0.3, 0.4) is 0 Å². The van der Waals surface area contributed by atoms with E-state index in [2.05, 4.69) is 62.1 Å². The molecule has 13 N–H and O–H groups in total. The zero-order valence-electron chi connectivity index (χ0n) is 65.4. The third-order valence-electron chi connectivity index (χ3n) is 20.6. The summed E-state index contributed by atoms with van der Waals surface area (Å²) >= 11 is 31.8. The van der Waals surface area contributed by atoms with Crippen LogP contribution in [0, 0.1) is 27.7 Å². The maximum atomic E-state index is 14.8. The van der Waals surface area contributed by atoms with Gasteiger partial charge in [0.25, 0.3) is 22.2 Å². The Morgan fingerprint density at radius 3 is 0.935 bits per heavy atom. The second kappa shape index (κ2) is 38.0. The molecule has 14 heterocycles. The molecule has 50 nitrogen and oxygen atoms in total. The largest absolute Gasteiger partial charge is 0.386 e. The summed E-state index contributed by atoms with van der Waals surface area (Å²) in [4.78, 5) is 195.